The molecule has 0 aromatic heterocycles. The number of fused-ring (bicyclic) bond motifs is 1. The third-order valence-electron chi connectivity index (χ3n) is 2.92. The molecule has 0 spiro atoms. The fraction of sp³-hybridized carbons (Fsp3) is 0.188. The minimum Gasteiger partial charge on any atom is -0.454 e. The number of esters is 1. The first-order chi connectivity index (χ1) is 8.60. The van der Waals surface area contributed by atoms with Gasteiger partial charge in [0.05, 0.1) is 0 Å². The van der Waals surface area contributed by atoms with Crippen LogP contribution in [0.3, 0.4) is 0 Å². The Bertz CT molecular complexity index is 538. The molecule has 92 valence electrons. The highest BCUT2D eigenvalue weighted by molar-refractivity contribution is 5.87. The smallest absolute Gasteiger partial charge is 0.333 e. The van der Waals surface area contributed by atoms with Crippen LogP contribution >= 0.6 is 0 Å². The summed E-state index contributed by atoms with van der Waals surface area (Å²) in [6, 6.07) is 6.15. The summed E-state index contributed by atoms with van der Waals surface area (Å²) in [5.74, 6) is -0.337. The predicted molar refractivity (Wildman–Crippen MR) is 74.0 cm³/mol. The molecule has 0 saturated heterocycles. The number of rotatable bonds is 3. The van der Waals surface area contributed by atoms with Gasteiger partial charge in [-0.1, -0.05) is 37.4 Å². The lowest BCUT2D eigenvalue weighted by molar-refractivity contribution is -0.142. The van der Waals surface area contributed by atoms with E-state index < -0.39 is 0 Å². The maximum absolute atomic E-state index is 11.5. The SMILES string of the molecule is C=Cc1ccc2c(c1)C=CC(OC(=O)C(=C)C)C2. The Morgan fingerprint density at radius 3 is 2.94 bits per heavy atom. The molecule has 2 nitrogen and oxygen atoms in total. The Morgan fingerprint density at radius 1 is 1.50 bits per heavy atom. The fourth-order valence-corrected chi connectivity index (χ4v) is 1.90. The van der Waals surface area contributed by atoms with E-state index in [-0.39, 0.29) is 12.1 Å². The van der Waals surface area contributed by atoms with Gasteiger partial charge in [-0.3, -0.25) is 0 Å². The number of benzene rings is 1. The molecule has 18 heavy (non-hydrogen) atoms. The van der Waals surface area contributed by atoms with Crippen LogP contribution in [0, 0.1) is 0 Å². The highest BCUT2D eigenvalue weighted by Crippen LogP contribution is 2.23. The number of hydrogen-bond donors (Lipinski definition) is 0. The normalized spacial score (nSPS) is 16.8. The monoisotopic (exact) mass is 240 g/mol. The van der Waals surface area contributed by atoms with E-state index in [4.69, 9.17) is 4.74 Å². The third kappa shape index (κ3) is 2.59. The molecule has 1 aliphatic rings. The van der Waals surface area contributed by atoms with E-state index in [9.17, 15) is 4.79 Å². The fourth-order valence-electron chi connectivity index (χ4n) is 1.90. The third-order valence-corrected chi connectivity index (χ3v) is 2.92. The van der Waals surface area contributed by atoms with Gasteiger partial charge in [-0.15, -0.1) is 0 Å². The van der Waals surface area contributed by atoms with E-state index in [1.807, 2.05) is 24.3 Å². The molecule has 1 aromatic rings. The molecule has 2 rings (SSSR count). The van der Waals surface area contributed by atoms with Crippen molar-refractivity contribution in [2.75, 3.05) is 0 Å². The Balaban J connectivity index is 2.14. The van der Waals surface area contributed by atoms with Crippen molar-refractivity contribution in [3.05, 3.63) is 59.7 Å². The van der Waals surface area contributed by atoms with Crippen LogP contribution in [0.25, 0.3) is 12.2 Å². The van der Waals surface area contributed by atoms with Gasteiger partial charge in [0.25, 0.3) is 0 Å². The first-order valence-electron chi connectivity index (χ1n) is 5.90. The van der Waals surface area contributed by atoms with Gasteiger partial charge in [-0.05, 0) is 35.8 Å². The second-order valence-corrected chi connectivity index (χ2v) is 4.45. The molecule has 0 N–H and O–H groups in total. The zero-order valence-electron chi connectivity index (χ0n) is 10.5. The highest BCUT2D eigenvalue weighted by atomic mass is 16.5. The molecule has 2 heteroatoms. The molecule has 1 aliphatic carbocycles. The van der Waals surface area contributed by atoms with Crippen LogP contribution in [0.5, 0.6) is 0 Å². The zero-order valence-corrected chi connectivity index (χ0v) is 10.5. The lowest BCUT2D eigenvalue weighted by Crippen LogP contribution is -2.21. The van der Waals surface area contributed by atoms with Crippen molar-refractivity contribution in [3.63, 3.8) is 0 Å². The minimum absolute atomic E-state index is 0.198. The summed E-state index contributed by atoms with van der Waals surface area (Å²) in [5, 5.41) is 0. The number of hydrogen-bond acceptors (Lipinski definition) is 2. The molecule has 0 amide bonds. The van der Waals surface area contributed by atoms with Crippen molar-refractivity contribution in [3.8, 4) is 0 Å². The Morgan fingerprint density at radius 2 is 2.28 bits per heavy atom. The quantitative estimate of drug-likeness (QED) is 0.598. The molecule has 0 radical (unpaired) electrons. The maximum atomic E-state index is 11.5. The summed E-state index contributed by atoms with van der Waals surface area (Å²) >= 11 is 0. The Kier molecular flexibility index (Phi) is 3.47. The summed E-state index contributed by atoms with van der Waals surface area (Å²) in [5.41, 5.74) is 3.87. The van der Waals surface area contributed by atoms with Crippen molar-refractivity contribution < 1.29 is 9.53 Å². The van der Waals surface area contributed by atoms with Crippen LogP contribution in [0.4, 0.5) is 0 Å². The van der Waals surface area contributed by atoms with Gasteiger partial charge in [0.15, 0.2) is 0 Å². The van der Waals surface area contributed by atoms with Gasteiger partial charge in [0.1, 0.15) is 6.10 Å². The van der Waals surface area contributed by atoms with Crippen molar-refractivity contribution in [1.82, 2.24) is 0 Å². The van der Waals surface area contributed by atoms with E-state index in [0.717, 1.165) is 11.1 Å². The molecule has 0 heterocycles. The van der Waals surface area contributed by atoms with E-state index in [0.29, 0.717) is 12.0 Å². The first-order valence-corrected chi connectivity index (χ1v) is 5.90. The summed E-state index contributed by atoms with van der Waals surface area (Å²) < 4.78 is 5.32. The topological polar surface area (TPSA) is 26.3 Å². The average molecular weight is 240 g/mol. The molecule has 1 unspecified atom stereocenters. The van der Waals surface area contributed by atoms with Crippen LogP contribution in [0.1, 0.15) is 23.6 Å². The average Bonchev–Trinajstić information content (AvgIpc) is 2.37. The van der Waals surface area contributed by atoms with Crippen LogP contribution in [-0.4, -0.2) is 12.1 Å². The van der Waals surface area contributed by atoms with Crippen molar-refractivity contribution >= 4 is 18.1 Å². The van der Waals surface area contributed by atoms with Gasteiger partial charge >= 0.3 is 5.97 Å². The largest absolute Gasteiger partial charge is 0.454 e. The van der Waals surface area contributed by atoms with Gasteiger partial charge in [-0.2, -0.15) is 0 Å². The van der Waals surface area contributed by atoms with E-state index in [1.165, 1.54) is 5.56 Å². The zero-order chi connectivity index (χ0) is 13.1. The summed E-state index contributed by atoms with van der Waals surface area (Å²) in [4.78, 5) is 11.5. The van der Waals surface area contributed by atoms with Gasteiger partial charge in [0, 0.05) is 12.0 Å². The van der Waals surface area contributed by atoms with Crippen molar-refractivity contribution in [2.45, 2.75) is 19.4 Å². The molecule has 0 saturated carbocycles. The van der Waals surface area contributed by atoms with E-state index in [1.54, 1.807) is 6.92 Å². The number of carbonyl (C=O) groups excluding carboxylic acids is 1. The lowest BCUT2D eigenvalue weighted by atomic mass is 9.94. The number of carbonyl (C=O) groups is 1. The molecule has 0 fully saturated rings. The lowest BCUT2D eigenvalue weighted by Gasteiger charge is -2.20. The second kappa shape index (κ2) is 5.05. The van der Waals surface area contributed by atoms with Gasteiger partial charge < -0.3 is 4.74 Å². The standard InChI is InChI=1S/C16H16O2/c1-4-12-5-6-14-10-15(8-7-13(14)9-12)18-16(17)11(2)3/h4-9,15H,1-2,10H2,3H3. The predicted octanol–water partition coefficient (Wildman–Crippen LogP) is 3.39. The highest BCUT2D eigenvalue weighted by Gasteiger charge is 2.17. The summed E-state index contributed by atoms with van der Waals surface area (Å²) in [6.07, 6.45) is 6.23. The van der Waals surface area contributed by atoms with E-state index in [2.05, 4.69) is 25.3 Å². The molecular formula is C16H16O2. The maximum Gasteiger partial charge on any atom is 0.333 e. The second-order valence-electron chi connectivity index (χ2n) is 4.45. The van der Waals surface area contributed by atoms with Crippen LogP contribution in [0.2, 0.25) is 0 Å². The minimum atomic E-state index is -0.337. The number of ether oxygens (including phenoxy) is 1. The van der Waals surface area contributed by atoms with E-state index >= 15 is 0 Å². The van der Waals surface area contributed by atoms with Crippen molar-refractivity contribution in [1.29, 1.82) is 0 Å². The summed E-state index contributed by atoms with van der Waals surface area (Å²) in [6.45, 7) is 8.98. The van der Waals surface area contributed by atoms with Crippen LogP contribution in [-0.2, 0) is 16.0 Å². The molecular weight excluding hydrogens is 224 g/mol. The Hall–Kier alpha value is -2.09. The molecule has 1 atom stereocenters. The van der Waals surface area contributed by atoms with Gasteiger partial charge in [0.2, 0.25) is 0 Å². The van der Waals surface area contributed by atoms with Gasteiger partial charge in [-0.25, -0.2) is 4.79 Å². The molecule has 0 aliphatic heterocycles. The van der Waals surface area contributed by atoms with Crippen LogP contribution in [0.15, 0.2) is 43.0 Å². The van der Waals surface area contributed by atoms with Crippen LogP contribution < -0.4 is 0 Å². The summed E-state index contributed by atoms with van der Waals surface area (Å²) in [7, 11) is 0. The molecule has 0 bridgehead atoms. The Labute approximate surface area is 107 Å². The van der Waals surface area contributed by atoms with Crippen molar-refractivity contribution in [2.24, 2.45) is 0 Å². The first kappa shape index (κ1) is 12.4. The molecule has 1 aromatic carbocycles.